The van der Waals surface area contributed by atoms with Crippen molar-refractivity contribution in [3.8, 4) is 0 Å². The molecule has 0 bridgehead atoms. The predicted octanol–water partition coefficient (Wildman–Crippen LogP) is 7.64. The molecule has 0 aliphatic heterocycles. The van der Waals surface area contributed by atoms with Gasteiger partial charge in [-0.3, -0.25) is 28.8 Å². The van der Waals surface area contributed by atoms with E-state index in [0.29, 0.717) is 68.6 Å². The lowest BCUT2D eigenvalue weighted by atomic mass is 9.45. The first-order chi connectivity index (χ1) is 35.2. The Bertz CT molecular complexity index is 2470. The summed E-state index contributed by atoms with van der Waals surface area (Å²) in [4.78, 5) is 72.0. The first kappa shape index (κ1) is 55.1. The van der Waals surface area contributed by atoms with E-state index in [2.05, 4.69) is 34.6 Å². The van der Waals surface area contributed by atoms with Crippen LogP contribution in [0.15, 0.2) is 34.9 Å². The molecule has 75 heavy (non-hydrogen) atoms. The number of allylic oxidation sites excluding steroid dienone is 3. The number of hydrogen-bond acceptors (Lipinski definition) is 12. The van der Waals surface area contributed by atoms with Crippen molar-refractivity contribution in [3.05, 3.63) is 34.9 Å². The van der Waals surface area contributed by atoms with Gasteiger partial charge in [-0.1, -0.05) is 58.3 Å². The summed E-state index contributed by atoms with van der Waals surface area (Å²) in [6.45, 7) is 11.8. The highest BCUT2D eigenvalue weighted by Crippen LogP contribution is 2.70. The third kappa shape index (κ3) is 8.23. The van der Waals surface area contributed by atoms with Gasteiger partial charge in [0.25, 0.3) is 0 Å². The molecule has 0 aromatic carbocycles. The summed E-state index contributed by atoms with van der Waals surface area (Å²) in [7, 11) is 0. The number of aliphatic hydroxyl groups excluding tert-OH is 5. The zero-order valence-electron chi connectivity index (χ0n) is 45.7. The van der Waals surface area contributed by atoms with Crippen LogP contribution in [0, 0.1) is 97.6 Å². The van der Waals surface area contributed by atoms with Gasteiger partial charge in [-0.2, -0.15) is 0 Å². The molecule has 0 aromatic rings. The Morgan fingerprint density at radius 1 is 0.493 bits per heavy atom. The molecule has 0 aromatic heterocycles. The number of aliphatic carboxylic acids is 1. The van der Waals surface area contributed by atoms with E-state index in [1.54, 1.807) is 6.08 Å². The molecule has 9 unspecified atom stereocenters. The second-order valence-electron chi connectivity index (χ2n) is 28.1. The van der Waals surface area contributed by atoms with Crippen molar-refractivity contribution in [2.24, 2.45) is 97.6 Å². The Morgan fingerprint density at radius 2 is 0.880 bits per heavy atom. The first-order valence-electron chi connectivity index (χ1n) is 29.2. The number of aliphatic hydroxyl groups is 6. The van der Waals surface area contributed by atoms with Crippen LogP contribution in [0.25, 0.3) is 0 Å². The van der Waals surface area contributed by atoms with Crippen molar-refractivity contribution in [2.45, 2.75) is 200 Å². The highest BCUT2D eigenvalue weighted by Gasteiger charge is 2.69. The molecule has 9 saturated carbocycles. The standard InChI is InChI=1S/C21H30O5.C21H30O4.C20H28O4/c1-19-7-5-13(23)9-12(19)3-4-14-15-6-8-21(26,17(25)11-22)20(15,2)10-16(24)18(14)19;1-20-8-7-13(23)9-12(20)3-4-14-15-5-6-16(18(25)11-22)21(15,2)10-17(24)19(14)20;1-19-8-7-12(21)9-11(19)3-4-13-14-5-6-15(18(23)24)20(14,2)10-16(22)17(13)19/h9,14-16,18,22,24,26H,3-8,10-11H2,1-2H3;9,14-17,19,22,24H,3-8,10-11H2,1-2H3;9,13-17,22H,3-8,10H2,1-2H3,(H,23,24)/t14?,15?,16-,18?,19-,20-,21-;14?,15?,16-,17+,19?,20+,21+;13?,14?,15-,16+,17?,19+,20+/m011/s1. The number of hydrogen-bond donors (Lipinski definition) is 7. The average molecular weight is 1040 g/mol. The fourth-order valence-electron chi connectivity index (χ4n) is 21.7. The maximum atomic E-state index is 12.4. The summed E-state index contributed by atoms with van der Waals surface area (Å²) in [6, 6.07) is 0. The number of Topliss-reactive ketones (excluding diaryl/α,β-unsaturated/α-hetero) is 2. The van der Waals surface area contributed by atoms with Crippen LogP contribution >= 0.6 is 0 Å². The summed E-state index contributed by atoms with van der Waals surface area (Å²) in [6.07, 6.45) is 20.1. The molecule has 0 saturated heterocycles. The number of carbonyl (C=O) groups is 6. The van der Waals surface area contributed by atoms with E-state index < -0.39 is 47.7 Å². The van der Waals surface area contributed by atoms with Gasteiger partial charge in [0.1, 0.15) is 18.8 Å². The van der Waals surface area contributed by atoms with Crippen LogP contribution in [0.2, 0.25) is 0 Å². The molecule has 13 heteroatoms. The van der Waals surface area contributed by atoms with Crippen LogP contribution in [0.5, 0.6) is 0 Å². The third-order valence-electron chi connectivity index (χ3n) is 25.3. The lowest BCUT2D eigenvalue weighted by molar-refractivity contribution is -0.182. The smallest absolute Gasteiger partial charge is 0.307 e. The Hall–Kier alpha value is -3.20. The van der Waals surface area contributed by atoms with Crippen LogP contribution in [0.3, 0.4) is 0 Å². The molecular weight excluding hydrogens is 953 g/mol. The number of carboxylic acid groups (broad SMARTS) is 1. The summed E-state index contributed by atoms with van der Waals surface area (Å²) < 4.78 is 0. The minimum atomic E-state index is -1.54. The molecule has 0 heterocycles. The van der Waals surface area contributed by atoms with Crippen molar-refractivity contribution in [3.63, 3.8) is 0 Å². The van der Waals surface area contributed by atoms with Gasteiger partial charge >= 0.3 is 5.97 Å². The summed E-state index contributed by atoms with van der Waals surface area (Å²) >= 11 is 0. The van der Waals surface area contributed by atoms with E-state index in [1.165, 1.54) is 16.7 Å². The van der Waals surface area contributed by atoms with Gasteiger partial charge in [-0.25, -0.2) is 0 Å². The van der Waals surface area contributed by atoms with Crippen molar-refractivity contribution in [2.75, 3.05) is 13.2 Å². The molecule has 12 aliphatic carbocycles. The Morgan fingerprint density at radius 3 is 1.28 bits per heavy atom. The Labute approximate surface area is 443 Å². The molecule has 12 aliphatic rings. The Kier molecular flexibility index (Phi) is 14.2. The molecule has 21 atom stereocenters. The SMILES string of the molecule is C[C@]12CCC(=O)C=C1CCC1C2[C@@H](O)C[C@@]2(C)C1CC[C@@H]2C(=O)CO.C[C@]12CCC(=O)C=C1CCC1C2[C@@H](O)C[C@@]2(C)C1CC[C@@H]2C(=O)O.C[C@]12CCC(=O)C=C1CCC1C2[C@@H](O)C[C@@]2(C)C1CC[C@]2(O)C(=O)CO. The van der Waals surface area contributed by atoms with Crippen LogP contribution < -0.4 is 0 Å². The van der Waals surface area contributed by atoms with Gasteiger partial charge in [0, 0.05) is 30.6 Å². The second-order valence-corrected chi connectivity index (χ2v) is 28.1. The Balaban J connectivity index is 0.000000128. The molecule has 9 fully saturated rings. The maximum Gasteiger partial charge on any atom is 0.307 e. The average Bonchev–Trinajstić information content (AvgIpc) is 3.98. The zero-order valence-corrected chi connectivity index (χ0v) is 45.7. The lowest BCUT2D eigenvalue weighted by Gasteiger charge is -2.60. The number of carboxylic acids is 1. The van der Waals surface area contributed by atoms with Crippen LogP contribution in [0.4, 0.5) is 0 Å². The van der Waals surface area contributed by atoms with Gasteiger partial charge in [0.05, 0.1) is 24.2 Å². The molecule has 0 radical (unpaired) electrons. The molecule has 0 spiro atoms. The van der Waals surface area contributed by atoms with E-state index in [4.69, 9.17) is 0 Å². The summed E-state index contributed by atoms with van der Waals surface area (Å²) in [5, 5.41) is 73.0. The van der Waals surface area contributed by atoms with E-state index in [-0.39, 0.29) is 98.2 Å². The molecule has 7 N–H and O–H groups in total. The molecule has 13 nitrogen and oxygen atoms in total. The maximum absolute atomic E-state index is 12.4. The van der Waals surface area contributed by atoms with Crippen molar-refractivity contribution >= 4 is 34.9 Å². The summed E-state index contributed by atoms with van der Waals surface area (Å²) in [5.41, 5.74) is 0.612. The molecule has 414 valence electrons. The monoisotopic (exact) mass is 1040 g/mol. The minimum Gasteiger partial charge on any atom is -0.481 e. The molecule has 12 rings (SSSR count). The van der Waals surface area contributed by atoms with E-state index in [1.807, 2.05) is 19.1 Å². The first-order valence-corrected chi connectivity index (χ1v) is 29.2. The van der Waals surface area contributed by atoms with Crippen LogP contribution in [0.1, 0.15) is 176 Å². The van der Waals surface area contributed by atoms with Gasteiger partial charge < -0.3 is 35.7 Å². The van der Waals surface area contributed by atoms with Crippen LogP contribution in [-0.4, -0.2) is 108 Å². The normalized spacial score (nSPS) is 50.0. The van der Waals surface area contributed by atoms with Gasteiger partial charge in [0.2, 0.25) is 0 Å². The third-order valence-corrected chi connectivity index (χ3v) is 25.3. The number of carbonyl (C=O) groups excluding carboxylic acids is 5. The minimum absolute atomic E-state index is 0.0541. The number of fused-ring (bicyclic) bond motifs is 15. The highest BCUT2D eigenvalue weighted by atomic mass is 16.4. The quantitative estimate of drug-likeness (QED) is 0.140. The van der Waals surface area contributed by atoms with Crippen LogP contribution in [-0.2, 0) is 28.8 Å². The zero-order chi connectivity index (χ0) is 54.2. The predicted molar refractivity (Wildman–Crippen MR) is 278 cm³/mol. The van der Waals surface area contributed by atoms with Gasteiger partial charge in [-0.15, -0.1) is 0 Å². The largest absolute Gasteiger partial charge is 0.481 e. The van der Waals surface area contributed by atoms with E-state index >= 15 is 0 Å². The van der Waals surface area contributed by atoms with Gasteiger partial charge in [0.15, 0.2) is 28.9 Å². The number of rotatable bonds is 5. The highest BCUT2D eigenvalue weighted by molar-refractivity contribution is 5.93. The topological polar surface area (TPSA) is 244 Å². The second kappa shape index (κ2) is 19.3. The lowest BCUT2D eigenvalue weighted by Crippen LogP contribution is -2.62. The fraction of sp³-hybridized carbons (Fsp3) is 0.806. The van der Waals surface area contributed by atoms with E-state index in [9.17, 15) is 64.5 Å². The van der Waals surface area contributed by atoms with Crippen molar-refractivity contribution in [1.82, 2.24) is 0 Å². The van der Waals surface area contributed by atoms with Crippen molar-refractivity contribution in [1.29, 1.82) is 0 Å². The molecule has 0 amide bonds. The fourth-order valence-corrected chi connectivity index (χ4v) is 21.7. The number of ketones is 5. The summed E-state index contributed by atoms with van der Waals surface area (Å²) in [5.74, 6) is 1.42. The van der Waals surface area contributed by atoms with Crippen molar-refractivity contribution < 1.29 is 64.5 Å². The molecular formula is C62H88O13. The van der Waals surface area contributed by atoms with E-state index in [0.717, 1.165) is 89.9 Å². The van der Waals surface area contributed by atoms with Gasteiger partial charge in [-0.05, 0) is 214 Å².